The van der Waals surface area contributed by atoms with Crippen LogP contribution in [0.4, 0.5) is 0 Å². The van der Waals surface area contributed by atoms with E-state index in [2.05, 4.69) is 12.2 Å². The molecule has 2 amide bonds. The smallest absolute Gasteiger partial charge is 0.251 e. The van der Waals surface area contributed by atoms with Crippen LogP contribution >= 0.6 is 0 Å². The molecule has 1 aromatic rings. The molecule has 19 heavy (non-hydrogen) atoms. The maximum atomic E-state index is 11.9. The molecule has 0 saturated carbocycles. The number of amides is 2. The van der Waals surface area contributed by atoms with Gasteiger partial charge in [-0.1, -0.05) is 26.2 Å². The highest BCUT2D eigenvalue weighted by molar-refractivity contribution is 5.97. The zero-order valence-electron chi connectivity index (χ0n) is 11.6. The maximum Gasteiger partial charge on any atom is 0.251 e. The summed E-state index contributed by atoms with van der Waals surface area (Å²) in [5, 5.41) is 2.95. The first-order chi connectivity index (χ1) is 9.04. The van der Waals surface area contributed by atoms with Gasteiger partial charge in [0.1, 0.15) is 0 Å². The Balaban J connectivity index is 2.51. The van der Waals surface area contributed by atoms with Crippen molar-refractivity contribution in [3.63, 3.8) is 0 Å². The molecule has 0 aliphatic heterocycles. The molecular weight excluding hydrogens is 240 g/mol. The number of rotatable bonds is 7. The Morgan fingerprint density at radius 3 is 2.26 bits per heavy atom. The van der Waals surface area contributed by atoms with Crippen molar-refractivity contribution in [1.82, 2.24) is 5.32 Å². The molecule has 1 unspecified atom stereocenters. The van der Waals surface area contributed by atoms with Crippen LogP contribution in [0.3, 0.4) is 0 Å². The van der Waals surface area contributed by atoms with E-state index in [0.717, 1.165) is 12.8 Å². The quantitative estimate of drug-likeness (QED) is 0.741. The first-order valence-electron chi connectivity index (χ1n) is 6.75. The number of nitrogens with two attached hydrogens (primary N) is 1. The van der Waals surface area contributed by atoms with Gasteiger partial charge >= 0.3 is 0 Å². The Labute approximate surface area is 114 Å². The van der Waals surface area contributed by atoms with Gasteiger partial charge in [-0.25, -0.2) is 0 Å². The van der Waals surface area contributed by atoms with Crippen molar-refractivity contribution in [2.24, 2.45) is 5.73 Å². The molecule has 4 nitrogen and oxygen atoms in total. The summed E-state index contributed by atoms with van der Waals surface area (Å²) in [6.45, 7) is 4.16. The van der Waals surface area contributed by atoms with Gasteiger partial charge in [0.15, 0.2) is 0 Å². The highest BCUT2D eigenvalue weighted by atomic mass is 16.2. The predicted octanol–water partition coefficient (Wildman–Crippen LogP) is 2.48. The molecule has 0 aromatic heterocycles. The summed E-state index contributed by atoms with van der Waals surface area (Å²) < 4.78 is 0. The SMILES string of the molecule is CCCCCC(C)NC(=O)c1ccc(C(N)=O)cc1. The first-order valence-corrected chi connectivity index (χ1v) is 6.75. The van der Waals surface area contributed by atoms with Gasteiger partial charge in [0.05, 0.1) is 0 Å². The summed E-state index contributed by atoms with van der Waals surface area (Å²) in [5.74, 6) is -0.597. The second-order valence-electron chi connectivity index (χ2n) is 4.81. The predicted molar refractivity (Wildman–Crippen MR) is 76.0 cm³/mol. The third kappa shape index (κ3) is 5.12. The fourth-order valence-corrected chi connectivity index (χ4v) is 1.87. The van der Waals surface area contributed by atoms with Crippen LogP contribution in [0.15, 0.2) is 24.3 Å². The van der Waals surface area contributed by atoms with E-state index >= 15 is 0 Å². The Morgan fingerprint density at radius 1 is 1.16 bits per heavy atom. The molecular formula is C15H22N2O2. The van der Waals surface area contributed by atoms with E-state index in [-0.39, 0.29) is 11.9 Å². The lowest BCUT2D eigenvalue weighted by Gasteiger charge is -2.13. The van der Waals surface area contributed by atoms with Crippen LogP contribution in [-0.4, -0.2) is 17.9 Å². The molecule has 1 aromatic carbocycles. The highest BCUT2D eigenvalue weighted by Gasteiger charge is 2.10. The van der Waals surface area contributed by atoms with Gasteiger partial charge in [0.2, 0.25) is 5.91 Å². The zero-order chi connectivity index (χ0) is 14.3. The van der Waals surface area contributed by atoms with Gasteiger partial charge in [0.25, 0.3) is 5.91 Å². The molecule has 0 bridgehead atoms. The minimum absolute atomic E-state index is 0.111. The highest BCUT2D eigenvalue weighted by Crippen LogP contribution is 2.06. The zero-order valence-corrected chi connectivity index (χ0v) is 11.6. The third-order valence-electron chi connectivity index (χ3n) is 3.05. The number of benzene rings is 1. The lowest BCUT2D eigenvalue weighted by Crippen LogP contribution is -2.32. The normalized spacial score (nSPS) is 11.9. The summed E-state index contributed by atoms with van der Waals surface area (Å²) in [5.41, 5.74) is 6.11. The molecule has 104 valence electrons. The molecule has 0 spiro atoms. The van der Waals surface area contributed by atoms with Crippen LogP contribution in [0.2, 0.25) is 0 Å². The minimum Gasteiger partial charge on any atom is -0.366 e. The van der Waals surface area contributed by atoms with E-state index in [1.54, 1.807) is 24.3 Å². The third-order valence-corrected chi connectivity index (χ3v) is 3.05. The topological polar surface area (TPSA) is 72.2 Å². The second kappa shape index (κ2) is 7.56. The van der Waals surface area contributed by atoms with Gasteiger partial charge in [-0.05, 0) is 37.6 Å². The molecule has 1 atom stereocenters. The van der Waals surface area contributed by atoms with Gasteiger partial charge in [-0.2, -0.15) is 0 Å². The monoisotopic (exact) mass is 262 g/mol. The van der Waals surface area contributed by atoms with Crippen molar-refractivity contribution in [2.75, 3.05) is 0 Å². The number of carbonyl (C=O) groups is 2. The van der Waals surface area contributed by atoms with Crippen LogP contribution in [0.1, 0.15) is 60.2 Å². The molecule has 4 heteroatoms. The number of primary amides is 1. The summed E-state index contributed by atoms with van der Waals surface area (Å²) >= 11 is 0. The standard InChI is InChI=1S/C15H22N2O2/c1-3-4-5-6-11(2)17-15(19)13-9-7-12(8-10-13)14(16)18/h7-11H,3-6H2,1-2H3,(H2,16,18)(H,17,19). The molecule has 3 N–H and O–H groups in total. The fraction of sp³-hybridized carbons (Fsp3) is 0.467. The van der Waals surface area contributed by atoms with Crippen molar-refractivity contribution < 1.29 is 9.59 Å². The number of nitrogens with one attached hydrogen (secondary N) is 1. The molecule has 0 radical (unpaired) electrons. The maximum absolute atomic E-state index is 11.9. The number of unbranched alkanes of at least 4 members (excludes halogenated alkanes) is 2. The molecule has 0 aliphatic carbocycles. The van der Waals surface area contributed by atoms with E-state index in [1.165, 1.54) is 12.8 Å². The van der Waals surface area contributed by atoms with Crippen LogP contribution < -0.4 is 11.1 Å². The summed E-state index contributed by atoms with van der Waals surface area (Å²) in [6, 6.07) is 6.54. The Bertz CT molecular complexity index is 426. The number of hydrogen-bond donors (Lipinski definition) is 2. The van der Waals surface area contributed by atoms with Crippen molar-refractivity contribution >= 4 is 11.8 Å². The summed E-state index contributed by atoms with van der Waals surface area (Å²) in [6.07, 6.45) is 4.47. The van der Waals surface area contributed by atoms with Gasteiger partial charge < -0.3 is 11.1 Å². The average Bonchev–Trinajstić information content (AvgIpc) is 2.39. The second-order valence-corrected chi connectivity index (χ2v) is 4.81. The minimum atomic E-state index is -0.486. The summed E-state index contributed by atoms with van der Waals surface area (Å²) in [7, 11) is 0. The Morgan fingerprint density at radius 2 is 1.74 bits per heavy atom. The van der Waals surface area contributed by atoms with Crippen LogP contribution in [0, 0.1) is 0 Å². The molecule has 0 heterocycles. The Kier molecular flexibility index (Phi) is 6.06. The lowest BCUT2D eigenvalue weighted by atomic mass is 10.1. The molecule has 1 rings (SSSR count). The number of hydrogen-bond acceptors (Lipinski definition) is 2. The van der Waals surface area contributed by atoms with E-state index in [1.807, 2.05) is 6.92 Å². The summed E-state index contributed by atoms with van der Waals surface area (Å²) in [4.78, 5) is 22.9. The van der Waals surface area contributed by atoms with Gasteiger partial charge in [0, 0.05) is 17.2 Å². The van der Waals surface area contributed by atoms with Gasteiger partial charge in [-0.3, -0.25) is 9.59 Å². The lowest BCUT2D eigenvalue weighted by molar-refractivity contribution is 0.0935. The van der Waals surface area contributed by atoms with Crippen LogP contribution in [-0.2, 0) is 0 Å². The van der Waals surface area contributed by atoms with Crippen molar-refractivity contribution in [2.45, 2.75) is 45.6 Å². The van der Waals surface area contributed by atoms with E-state index in [9.17, 15) is 9.59 Å². The van der Waals surface area contributed by atoms with Crippen LogP contribution in [0.5, 0.6) is 0 Å². The van der Waals surface area contributed by atoms with Crippen molar-refractivity contribution in [1.29, 1.82) is 0 Å². The van der Waals surface area contributed by atoms with Crippen LogP contribution in [0.25, 0.3) is 0 Å². The molecule has 0 fully saturated rings. The van der Waals surface area contributed by atoms with Gasteiger partial charge in [-0.15, -0.1) is 0 Å². The largest absolute Gasteiger partial charge is 0.366 e. The Hall–Kier alpha value is -1.84. The van der Waals surface area contributed by atoms with E-state index in [4.69, 9.17) is 5.73 Å². The van der Waals surface area contributed by atoms with Crippen molar-refractivity contribution in [3.8, 4) is 0 Å². The van der Waals surface area contributed by atoms with E-state index < -0.39 is 5.91 Å². The fourth-order valence-electron chi connectivity index (χ4n) is 1.87. The average molecular weight is 262 g/mol. The van der Waals surface area contributed by atoms with Crippen molar-refractivity contribution in [3.05, 3.63) is 35.4 Å². The van der Waals surface area contributed by atoms with E-state index in [0.29, 0.717) is 11.1 Å². The number of carbonyl (C=O) groups excluding carboxylic acids is 2. The first kappa shape index (κ1) is 15.2. The molecule has 0 aliphatic rings. The molecule has 0 saturated heterocycles.